The maximum Gasteiger partial charge on any atom is 0.187 e. The summed E-state index contributed by atoms with van der Waals surface area (Å²) in [6.07, 6.45) is 1.98. The number of halogens is 1. The number of thioether (sulfide) groups is 2. The molecule has 0 aromatic heterocycles. The molecule has 0 radical (unpaired) electrons. The van der Waals surface area contributed by atoms with Crippen LogP contribution in [0.25, 0.3) is 0 Å². The van der Waals surface area contributed by atoms with E-state index in [9.17, 15) is 4.79 Å². The summed E-state index contributed by atoms with van der Waals surface area (Å²) >= 11 is 9.65. The highest BCUT2D eigenvalue weighted by atomic mass is 35.5. The minimum Gasteiger partial charge on any atom is -0.292 e. The van der Waals surface area contributed by atoms with Crippen LogP contribution in [0.4, 0.5) is 5.69 Å². The molecule has 0 saturated carbocycles. The Hall–Kier alpha value is -2.99. The lowest BCUT2D eigenvalue weighted by atomic mass is 9.81. The zero-order valence-electron chi connectivity index (χ0n) is 22.1. The predicted octanol–water partition coefficient (Wildman–Crippen LogP) is 8.77. The molecule has 2 heterocycles. The second-order valence-electron chi connectivity index (χ2n) is 9.86. The first-order chi connectivity index (χ1) is 18.9. The van der Waals surface area contributed by atoms with Crippen molar-refractivity contribution in [3.63, 3.8) is 0 Å². The number of hydrogen-bond acceptors (Lipinski definition) is 5. The molecule has 0 unspecified atom stereocenters. The molecule has 0 bridgehead atoms. The van der Waals surface area contributed by atoms with Gasteiger partial charge in [-0.3, -0.25) is 4.79 Å². The highest BCUT2D eigenvalue weighted by Gasteiger charge is 2.61. The van der Waals surface area contributed by atoms with Crippen molar-refractivity contribution < 1.29 is 4.79 Å². The Bertz CT molecular complexity index is 1520. The van der Waals surface area contributed by atoms with Gasteiger partial charge in [-0.1, -0.05) is 122 Å². The van der Waals surface area contributed by atoms with Crippen LogP contribution in [0, 0.1) is 0 Å². The van der Waals surface area contributed by atoms with Gasteiger partial charge in [-0.05, 0) is 64.9 Å². The molecule has 0 aliphatic carbocycles. The average molecular weight is 569 g/mol. The van der Waals surface area contributed by atoms with Gasteiger partial charge >= 0.3 is 0 Å². The summed E-state index contributed by atoms with van der Waals surface area (Å²) in [5.74, 6) is -0.0361. The highest BCUT2D eigenvalue weighted by molar-refractivity contribution is 8.27. The molecular weight excluding hydrogens is 540 g/mol. The van der Waals surface area contributed by atoms with E-state index in [1.807, 2.05) is 41.0 Å². The zero-order valence-corrected chi connectivity index (χ0v) is 24.5. The topological polar surface area (TPSA) is 32.7 Å². The third kappa shape index (κ3) is 4.23. The number of nitrogens with zero attached hydrogens (tertiary/aromatic N) is 2. The average Bonchev–Trinajstić information content (AvgIpc) is 3.51. The number of ketones is 1. The summed E-state index contributed by atoms with van der Waals surface area (Å²) in [6.45, 7) is 5.96. The largest absolute Gasteiger partial charge is 0.292 e. The fourth-order valence-corrected chi connectivity index (χ4v) is 9.15. The molecule has 2 aliphatic heterocycles. The van der Waals surface area contributed by atoms with Gasteiger partial charge in [-0.25, -0.2) is 5.01 Å². The quantitative estimate of drug-likeness (QED) is 0.233. The molecule has 1 atom stereocenters. The number of anilines is 1. The van der Waals surface area contributed by atoms with Gasteiger partial charge in [0.2, 0.25) is 0 Å². The molecule has 4 aromatic rings. The van der Waals surface area contributed by atoms with Crippen molar-refractivity contribution in [3.05, 3.63) is 135 Å². The van der Waals surface area contributed by atoms with Crippen molar-refractivity contribution in [2.45, 2.75) is 42.6 Å². The molecule has 0 fully saturated rings. The van der Waals surface area contributed by atoms with Crippen LogP contribution in [0.2, 0.25) is 5.02 Å². The molecule has 4 aromatic carbocycles. The fourth-order valence-electron chi connectivity index (χ4n) is 5.47. The molecule has 6 heteroatoms. The summed E-state index contributed by atoms with van der Waals surface area (Å²) in [7, 11) is 0. The number of benzene rings is 4. The van der Waals surface area contributed by atoms with E-state index in [0.29, 0.717) is 10.1 Å². The van der Waals surface area contributed by atoms with Crippen LogP contribution in [0.15, 0.2) is 102 Å². The molecule has 0 saturated heterocycles. The smallest absolute Gasteiger partial charge is 0.187 e. The summed E-state index contributed by atoms with van der Waals surface area (Å²) in [6, 6.07) is 34.4. The highest BCUT2D eigenvalue weighted by Crippen LogP contribution is 2.70. The van der Waals surface area contributed by atoms with Crippen LogP contribution in [0.5, 0.6) is 0 Å². The van der Waals surface area contributed by atoms with E-state index >= 15 is 0 Å². The summed E-state index contributed by atoms with van der Waals surface area (Å²) in [5.41, 5.74) is 8.30. The number of aryl methyl sites for hydroxylation is 2. The summed E-state index contributed by atoms with van der Waals surface area (Å²) in [5, 5.41) is 8.12. The van der Waals surface area contributed by atoms with Gasteiger partial charge < -0.3 is 0 Å². The van der Waals surface area contributed by atoms with E-state index in [1.165, 1.54) is 27.8 Å². The lowest BCUT2D eigenvalue weighted by molar-refractivity contribution is -0.110. The number of Topliss-reactive ketones (excluding diaryl/α,β-unsaturated/α-hetero) is 1. The Morgan fingerprint density at radius 2 is 1.33 bits per heavy atom. The van der Waals surface area contributed by atoms with Crippen LogP contribution in [-0.2, 0) is 26.6 Å². The number of fused-ring (bicyclic) bond motifs is 2. The Morgan fingerprint density at radius 3 is 1.85 bits per heavy atom. The number of rotatable bonds is 6. The van der Waals surface area contributed by atoms with Crippen molar-refractivity contribution in [1.82, 2.24) is 0 Å². The second-order valence-corrected chi connectivity index (χ2v) is 13.1. The second kappa shape index (κ2) is 10.2. The summed E-state index contributed by atoms with van der Waals surface area (Å²) in [4.78, 5) is 12.8. The van der Waals surface area contributed by atoms with E-state index in [-0.39, 0.29) is 5.78 Å². The van der Waals surface area contributed by atoms with E-state index < -0.39 is 8.95 Å². The van der Waals surface area contributed by atoms with Gasteiger partial charge in [-0.15, -0.1) is 0 Å². The Kier molecular flexibility index (Phi) is 6.86. The molecule has 2 aliphatic rings. The van der Waals surface area contributed by atoms with Crippen molar-refractivity contribution in [2.75, 3.05) is 5.01 Å². The monoisotopic (exact) mass is 568 g/mol. The number of carbonyl (C=O) groups is 1. The third-order valence-corrected chi connectivity index (χ3v) is 11.2. The predicted molar refractivity (Wildman–Crippen MR) is 167 cm³/mol. The molecule has 1 spiro atoms. The Labute approximate surface area is 243 Å². The van der Waals surface area contributed by atoms with Crippen LogP contribution >= 0.6 is 35.1 Å². The van der Waals surface area contributed by atoms with Crippen molar-refractivity contribution in [1.29, 1.82) is 0 Å². The van der Waals surface area contributed by atoms with E-state index in [4.69, 9.17) is 16.7 Å². The fraction of sp³-hybridized carbons (Fsp3) is 0.212. The van der Waals surface area contributed by atoms with Crippen molar-refractivity contribution in [2.24, 2.45) is 5.10 Å². The van der Waals surface area contributed by atoms with Gasteiger partial charge in [0.1, 0.15) is 0 Å². The van der Waals surface area contributed by atoms with Crippen molar-refractivity contribution >= 4 is 51.6 Å². The molecule has 0 N–H and O–H groups in total. The number of carbonyl (C=O) groups excluding carboxylic acids is 1. The zero-order chi connectivity index (χ0) is 27.2. The third-order valence-electron chi connectivity index (χ3n) is 7.55. The first-order valence-electron chi connectivity index (χ1n) is 13.2. The minimum atomic E-state index is -0.682. The number of hydrazone groups is 1. The molecule has 0 amide bonds. The van der Waals surface area contributed by atoms with Crippen LogP contribution in [0.3, 0.4) is 0 Å². The van der Waals surface area contributed by atoms with Gasteiger partial charge in [-0.2, -0.15) is 5.10 Å². The molecule has 6 rings (SSSR count). The lowest BCUT2D eigenvalue weighted by Crippen LogP contribution is -2.34. The van der Waals surface area contributed by atoms with Crippen LogP contribution in [0.1, 0.15) is 54.2 Å². The standard InChI is InChI=1S/C33H29ClN2OS2/c1-4-23-10-14-25(15-11-23)32(26-16-12-24(5-2)13-17-26)29-8-6-7-9-30(29)33(39-32)36(35-31(38-33)22(3)37)28-20-18-27(34)19-21-28/h6-21H,4-5H2,1-3H3/t33-/m1/s1. The molecule has 39 heavy (non-hydrogen) atoms. The Balaban J connectivity index is 1.63. The molecule has 3 nitrogen and oxygen atoms in total. The van der Waals surface area contributed by atoms with Crippen LogP contribution < -0.4 is 5.01 Å². The van der Waals surface area contributed by atoms with Crippen molar-refractivity contribution in [3.8, 4) is 0 Å². The molecular formula is C33H29ClN2OS2. The first kappa shape index (κ1) is 26.2. The normalized spacial score (nSPS) is 19.3. The van der Waals surface area contributed by atoms with E-state index in [0.717, 1.165) is 24.1 Å². The van der Waals surface area contributed by atoms with Gasteiger partial charge in [0.25, 0.3) is 0 Å². The SMILES string of the molecule is CCc1ccc(C2(c3ccc(CC)cc3)S[C@]3(SC(C(C)=O)=NN3c3ccc(Cl)cc3)c3ccccc32)cc1. The lowest BCUT2D eigenvalue weighted by Gasteiger charge is -2.37. The maximum absolute atomic E-state index is 12.8. The van der Waals surface area contributed by atoms with E-state index in [2.05, 4.69) is 86.6 Å². The van der Waals surface area contributed by atoms with Gasteiger partial charge in [0.15, 0.2) is 15.0 Å². The van der Waals surface area contributed by atoms with Crippen LogP contribution in [-0.4, -0.2) is 10.8 Å². The van der Waals surface area contributed by atoms with E-state index in [1.54, 1.807) is 18.7 Å². The Morgan fingerprint density at radius 1 is 0.795 bits per heavy atom. The minimum absolute atomic E-state index is 0.0361. The molecule has 196 valence electrons. The first-order valence-corrected chi connectivity index (χ1v) is 15.3. The van der Waals surface area contributed by atoms with Gasteiger partial charge in [0.05, 0.1) is 10.4 Å². The van der Waals surface area contributed by atoms with Gasteiger partial charge in [0, 0.05) is 17.5 Å². The number of hydrogen-bond donors (Lipinski definition) is 0. The summed E-state index contributed by atoms with van der Waals surface area (Å²) < 4.78 is -1.19. The maximum atomic E-state index is 12.8.